The molecule has 1 atom stereocenters. The van der Waals surface area contributed by atoms with E-state index in [0.717, 1.165) is 26.2 Å². The van der Waals surface area contributed by atoms with Crippen LogP contribution in [0.2, 0.25) is 0 Å². The number of rotatable bonds is 4. The van der Waals surface area contributed by atoms with Gasteiger partial charge in [0, 0.05) is 26.2 Å². The van der Waals surface area contributed by atoms with Gasteiger partial charge in [-0.25, -0.2) is 5.32 Å². The maximum absolute atomic E-state index is 8.55. The lowest BCUT2D eigenvalue weighted by molar-refractivity contribution is -0.0619. The van der Waals surface area contributed by atoms with Gasteiger partial charge in [0.25, 0.3) is 0 Å². The summed E-state index contributed by atoms with van der Waals surface area (Å²) in [4.78, 5) is 2.24. The second-order valence-electron chi connectivity index (χ2n) is 2.90. The first kappa shape index (κ1) is 9.92. The van der Waals surface area contributed by atoms with Crippen LogP contribution in [-0.2, 0) is 4.74 Å². The van der Waals surface area contributed by atoms with Gasteiger partial charge in [0.1, 0.15) is 6.23 Å². The summed E-state index contributed by atoms with van der Waals surface area (Å²) in [7, 11) is 0. The monoisotopic (exact) mass is 173 g/mol. The average Bonchev–Trinajstić information content (AvgIpc) is 2.15. The van der Waals surface area contributed by atoms with E-state index in [2.05, 4.69) is 10.2 Å². The standard InChI is InChI=1S/C8H17N2O2/c1-8(12-7-6-11)10-4-2-9-3-5-10/h8,11H,2-7H2,1H3. The number of aliphatic hydroxyl groups excluding tert-OH is 1. The molecule has 0 aromatic rings. The van der Waals surface area contributed by atoms with Crippen LogP contribution < -0.4 is 5.32 Å². The van der Waals surface area contributed by atoms with E-state index in [-0.39, 0.29) is 12.8 Å². The molecule has 1 fully saturated rings. The Kier molecular flexibility index (Phi) is 4.53. The third-order valence-electron chi connectivity index (χ3n) is 2.06. The van der Waals surface area contributed by atoms with Gasteiger partial charge < -0.3 is 9.84 Å². The Morgan fingerprint density at radius 3 is 2.75 bits per heavy atom. The van der Waals surface area contributed by atoms with Crippen LogP contribution in [0.25, 0.3) is 0 Å². The predicted molar refractivity (Wildman–Crippen MR) is 45.9 cm³/mol. The first-order chi connectivity index (χ1) is 5.84. The van der Waals surface area contributed by atoms with Crippen LogP contribution in [-0.4, -0.2) is 55.6 Å². The normalized spacial score (nSPS) is 22.5. The minimum absolute atomic E-state index is 0.0998. The van der Waals surface area contributed by atoms with E-state index in [4.69, 9.17) is 9.84 Å². The molecular weight excluding hydrogens is 156 g/mol. The lowest BCUT2D eigenvalue weighted by Gasteiger charge is -2.31. The average molecular weight is 173 g/mol. The first-order valence-corrected chi connectivity index (χ1v) is 4.44. The Balaban J connectivity index is 2.15. The second-order valence-corrected chi connectivity index (χ2v) is 2.90. The Morgan fingerprint density at radius 2 is 2.17 bits per heavy atom. The zero-order valence-corrected chi connectivity index (χ0v) is 7.57. The molecule has 0 bridgehead atoms. The number of piperazine rings is 1. The number of hydrogen-bond acceptors (Lipinski definition) is 3. The highest BCUT2D eigenvalue weighted by atomic mass is 16.5. The fourth-order valence-corrected chi connectivity index (χ4v) is 1.31. The maximum Gasteiger partial charge on any atom is 0.107 e. The van der Waals surface area contributed by atoms with E-state index in [1.807, 2.05) is 6.92 Å². The van der Waals surface area contributed by atoms with Crippen LogP contribution in [0.3, 0.4) is 0 Å². The number of ether oxygens (including phenoxy) is 1. The summed E-state index contributed by atoms with van der Waals surface area (Å²) in [6.07, 6.45) is 0.118. The summed E-state index contributed by atoms with van der Waals surface area (Å²) >= 11 is 0. The number of nitrogens with zero attached hydrogens (tertiary/aromatic N) is 2. The first-order valence-electron chi connectivity index (χ1n) is 4.44. The Labute approximate surface area is 73.5 Å². The molecule has 0 amide bonds. The van der Waals surface area contributed by atoms with E-state index in [1.54, 1.807) is 0 Å². The van der Waals surface area contributed by atoms with Crippen LogP contribution in [0.5, 0.6) is 0 Å². The molecule has 1 radical (unpaired) electrons. The van der Waals surface area contributed by atoms with Crippen molar-refractivity contribution in [2.24, 2.45) is 0 Å². The molecule has 4 heteroatoms. The molecule has 1 N–H and O–H groups in total. The summed E-state index contributed by atoms with van der Waals surface area (Å²) in [6, 6.07) is 0. The molecule has 0 aromatic heterocycles. The van der Waals surface area contributed by atoms with Crippen molar-refractivity contribution in [3.8, 4) is 0 Å². The number of hydrogen-bond donors (Lipinski definition) is 1. The Hall–Kier alpha value is -0.160. The quantitative estimate of drug-likeness (QED) is 0.609. The van der Waals surface area contributed by atoms with Gasteiger partial charge in [-0.3, -0.25) is 4.90 Å². The minimum atomic E-state index is 0.0998. The van der Waals surface area contributed by atoms with Crippen LogP contribution in [0.15, 0.2) is 0 Å². The van der Waals surface area contributed by atoms with Gasteiger partial charge in [-0.05, 0) is 6.92 Å². The van der Waals surface area contributed by atoms with Gasteiger partial charge in [-0.15, -0.1) is 0 Å². The lowest BCUT2D eigenvalue weighted by Crippen LogP contribution is -2.46. The zero-order chi connectivity index (χ0) is 8.81. The third-order valence-corrected chi connectivity index (χ3v) is 2.06. The third kappa shape index (κ3) is 3.06. The molecule has 71 valence electrons. The lowest BCUT2D eigenvalue weighted by atomic mass is 10.3. The molecule has 4 nitrogen and oxygen atoms in total. The smallest absolute Gasteiger partial charge is 0.107 e. The molecule has 1 saturated heterocycles. The van der Waals surface area contributed by atoms with Crippen molar-refractivity contribution in [1.82, 2.24) is 10.2 Å². The van der Waals surface area contributed by atoms with E-state index < -0.39 is 0 Å². The largest absolute Gasteiger partial charge is 0.394 e. The summed E-state index contributed by atoms with van der Waals surface area (Å²) in [5.74, 6) is 0. The maximum atomic E-state index is 8.55. The molecule has 0 aliphatic carbocycles. The Morgan fingerprint density at radius 1 is 1.50 bits per heavy atom. The SMILES string of the molecule is CC(OCCO)N1CC[N]CC1. The Bertz CT molecular complexity index is 116. The van der Waals surface area contributed by atoms with Gasteiger partial charge in [0.05, 0.1) is 13.2 Å². The van der Waals surface area contributed by atoms with Crippen LogP contribution in [0, 0.1) is 0 Å². The fraction of sp³-hybridized carbons (Fsp3) is 1.00. The molecule has 1 aliphatic rings. The highest BCUT2D eigenvalue weighted by Crippen LogP contribution is 2.02. The van der Waals surface area contributed by atoms with E-state index in [1.165, 1.54) is 0 Å². The molecule has 1 rings (SSSR count). The van der Waals surface area contributed by atoms with Gasteiger partial charge in [-0.2, -0.15) is 0 Å². The van der Waals surface area contributed by atoms with Crippen molar-refractivity contribution in [2.45, 2.75) is 13.2 Å². The van der Waals surface area contributed by atoms with E-state index >= 15 is 0 Å². The zero-order valence-electron chi connectivity index (χ0n) is 7.57. The molecule has 0 saturated carbocycles. The molecule has 0 spiro atoms. The van der Waals surface area contributed by atoms with Gasteiger partial charge in [-0.1, -0.05) is 0 Å². The molecular formula is C8H17N2O2. The fourth-order valence-electron chi connectivity index (χ4n) is 1.31. The highest BCUT2D eigenvalue weighted by molar-refractivity contribution is 4.68. The van der Waals surface area contributed by atoms with Crippen molar-refractivity contribution in [3.63, 3.8) is 0 Å². The molecule has 1 unspecified atom stereocenters. The van der Waals surface area contributed by atoms with Crippen LogP contribution in [0.1, 0.15) is 6.92 Å². The summed E-state index contributed by atoms with van der Waals surface area (Å²) in [5.41, 5.74) is 0. The summed E-state index contributed by atoms with van der Waals surface area (Å²) < 4.78 is 5.36. The minimum Gasteiger partial charge on any atom is -0.394 e. The van der Waals surface area contributed by atoms with E-state index in [9.17, 15) is 0 Å². The van der Waals surface area contributed by atoms with Crippen LogP contribution >= 0.6 is 0 Å². The summed E-state index contributed by atoms with van der Waals surface area (Å²) in [5, 5.41) is 12.8. The molecule has 1 heterocycles. The van der Waals surface area contributed by atoms with Crippen molar-refractivity contribution in [3.05, 3.63) is 0 Å². The van der Waals surface area contributed by atoms with E-state index in [0.29, 0.717) is 6.61 Å². The number of aliphatic hydroxyl groups is 1. The van der Waals surface area contributed by atoms with Crippen molar-refractivity contribution < 1.29 is 9.84 Å². The van der Waals surface area contributed by atoms with Crippen molar-refractivity contribution in [2.75, 3.05) is 39.4 Å². The van der Waals surface area contributed by atoms with Crippen molar-refractivity contribution >= 4 is 0 Å². The molecule has 12 heavy (non-hydrogen) atoms. The topological polar surface area (TPSA) is 46.8 Å². The van der Waals surface area contributed by atoms with Gasteiger partial charge >= 0.3 is 0 Å². The van der Waals surface area contributed by atoms with Gasteiger partial charge in [0.15, 0.2) is 0 Å². The summed E-state index contributed by atoms with van der Waals surface area (Å²) in [6.45, 7) is 6.32. The second kappa shape index (κ2) is 5.48. The molecule has 1 aliphatic heterocycles. The van der Waals surface area contributed by atoms with Crippen LogP contribution in [0.4, 0.5) is 0 Å². The highest BCUT2D eigenvalue weighted by Gasteiger charge is 2.16. The van der Waals surface area contributed by atoms with Crippen molar-refractivity contribution in [1.29, 1.82) is 0 Å². The van der Waals surface area contributed by atoms with Gasteiger partial charge in [0.2, 0.25) is 0 Å². The molecule has 0 aromatic carbocycles. The predicted octanol–water partition coefficient (Wildman–Crippen LogP) is -0.739.